The molecule has 0 fully saturated rings. The summed E-state index contributed by atoms with van der Waals surface area (Å²) in [7, 11) is 1.57. The molecule has 0 bridgehead atoms. The molecule has 1 unspecified atom stereocenters. The molecule has 4 aromatic rings. The number of pyridine rings is 2. The number of fused-ring (bicyclic) bond motifs is 1. The number of aliphatic imine (C=N–C) groups is 1. The van der Waals surface area contributed by atoms with Crippen molar-refractivity contribution in [1.29, 1.82) is 0 Å². The lowest BCUT2D eigenvalue weighted by molar-refractivity contribution is 0.396. The summed E-state index contributed by atoms with van der Waals surface area (Å²) in [4.78, 5) is 13.0. The molecular formula is C25H19FN4O. The van der Waals surface area contributed by atoms with Crippen molar-refractivity contribution in [3.05, 3.63) is 113 Å². The Morgan fingerprint density at radius 2 is 1.65 bits per heavy atom. The van der Waals surface area contributed by atoms with Crippen LogP contribution in [0.25, 0.3) is 11.1 Å². The minimum absolute atomic E-state index is 0.426. The molecule has 5 rings (SSSR count). The van der Waals surface area contributed by atoms with Crippen molar-refractivity contribution < 1.29 is 9.13 Å². The van der Waals surface area contributed by atoms with Crippen molar-refractivity contribution in [2.75, 3.05) is 7.11 Å². The number of amidine groups is 1. The number of benzene rings is 2. The second-order valence-electron chi connectivity index (χ2n) is 7.26. The first-order chi connectivity index (χ1) is 15.1. The SMILES string of the molecule is COc1cc(C2(c3cccc(-c4cccnc4F)c3)N=C(N)c3ccccc32)ccn1. The molecule has 2 aromatic heterocycles. The van der Waals surface area contributed by atoms with Crippen LogP contribution in [-0.4, -0.2) is 22.9 Å². The molecule has 31 heavy (non-hydrogen) atoms. The molecule has 6 heteroatoms. The number of halogens is 1. The minimum atomic E-state index is -0.911. The Morgan fingerprint density at radius 1 is 0.839 bits per heavy atom. The zero-order valence-corrected chi connectivity index (χ0v) is 16.8. The Morgan fingerprint density at radius 3 is 2.48 bits per heavy atom. The molecule has 0 radical (unpaired) electrons. The van der Waals surface area contributed by atoms with E-state index in [2.05, 4.69) is 9.97 Å². The molecule has 0 saturated heterocycles. The lowest BCUT2D eigenvalue weighted by atomic mass is 9.77. The average molecular weight is 410 g/mol. The van der Waals surface area contributed by atoms with Crippen molar-refractivity contribution in [2.24, 2.45) is 10.7 Å². The van der Waals surface area contributed by atoms with Gasteiger partial charge < -0.3 is 10.5 Å². The number of ether oxygens (including phenoxy) is 1. The minimum Gasteiger partial charge on any atom is -0.481 e. The Kier molecular flexibility index (Phi) is 4.47. The predicted molar refractivity (Wildman–Crippen MR) is 117 cm³/mol. The van der Waals surface area contributed by atoms with Gasteiger partial charge in [-0.2, -0.15) is 4.39 Å². The summed E-state index contributed by atoms with van der Waals surface area (Å²) in [6.45, 7) is 0. The number of methoxy groups -OCH3 is 1. The van der Waals surface area contributed by atoms with E-state index in [-0.39, 0.29) is 0 Å². The fourth-order valence-electron chi connectivity index (χ4n) is 4.19. The van der Waals surface area contributed by atoms with Crippen molar-refractivity contribution in [1.82, 2.24) is 9.97 Å². The average Bonchev–Trinajstić information content (AvgIpc) is 3.13. The summed E-state index contributed by atoms with van der Waals surface area (Å²) >= 11 is 0. The molecule has 5 nitrogen and oxygen atoms in total. The van der Waals surface area contributed by atoms with Crippen LogP contribution in [0.15, 0.2) is 90.2 Å². The topological polar surface area (TPSA) is 73.4 Å². The van der Waals surface area contributed by atoms with Crippen LogP contribution in [0.4, 0.5) is 4.39 Å². The third kappa shape index (κ3) is 2.95. The molecule has 152 valence electrons. The Bertz CT molecular complexity index is 1320. The maximum atomic E-state index is 14.4. The third-order valence-corrected chi connectivity index (χ3v) is 5.59. The second-order valence-corrected chi connectivity index (χ2v) is 7.26. The fourth-order valence-corrected chi connectivity index (χ4v) is 4.19. The van der Waals surface area contributed by atoms with Gasteiger partial charge in [0.2, 0.25) is 11.8 Å². The molecule has 2 aromatic carbocycles. The smallest absolute Gasteiger partial charge is 0.220 e. The molecule has 0 spiro atoms. The Hall–Kier alpha value is -4.06. The van der Waals surface area contributed by atoms with E-state index in [1.807, 2.05) is 60.7 Å². The summed E-state index contributed by atoms with van der Waals surface area (Å²) in [5.74, 6) is 0.406. The summed E-state index contributed by atoms with van der Waals surface area (Å²) in [5, 5.41) is 0. The van der Waals surface area contributed by atoms with Gasteiger partial charge in [0.15, 0.2) is 0 Å². The highest BCUT2D eigenvalue weighted by molar-refractivity contribution is 6.03. The maximum absolute atomic E-state index is 14.4. The third-order valence-electron chi connectivity index (χ3n) is 5.59. The van der Waals surface area contributed by atoms with Gasteiger partial charge in [-0.05, 0) is 46.5 Å². The van der Waals surface area contributed by atoms with Crippen LogP contribution in [0, 0.1) is 5.95 Å². The van der Waals surface area contributed by atoms with E-state index >= 15 is 0 Å². The number of hydrogen-bond acceptors (Lipinski definition) is 5. The van der Waals surface area contributed by atoms with E-state index in [0.29, 0.717) is 22.8 Å². The highest BCUT2D eigenvalue weighted by atomic mass is 19.1. The largest absolute Gasteiger partial charge is 0.481 e. The monoisotopic (exact) mass is 410 g/mol. The van der Waals surface area contributed by atoms with Crippen molar-refractivity contribution in [2.45, 2.75) is 5.54 Å². The highest BCUT2D eigenvalue weighted by Gasteiger charge is 2.43. The number of hydrogen-bond donors (Lipinski definition) is 1. The first kappa shape index (κ1) is 18.9. The van der Waals surface area contributed by atoms with E-state index in [1.165, 1.54) is 6.20 Å². The zero-order valence-electron chi connectivity index (χ0n) is 16.8. The lowest BCUT2D eigenvalue weighted by Crippen LogP contribution is -2.25. The van der Waals surface area contributed by atoms with Gasteiger partial charge in [0.05, 0.1) is 7.11 Å². The standard InChI is InChI=1S/C25H19FN4O/c1-31-22-15-18(11-13-28-22)25(21-10-3-2-8-20(21)24(27)30-25)17-7-4-6-16(14-17)19-9-5-12-29-23(19)26/h2-15H,1H3,(H2,27,30). The molecule has 0 amide bonds. The molecular weight excluding hydrogens is 391 g/mol. The van der Waals surface area contributed by atoms with Gasteiger partial charge in [0.25, 0.3) is 0 Å². The normalized spacial score (nSPS) is 17.2. The van der Waals surface area contributed by atoms with Gasteiger partial charge in [0.1, 0.15) is 11.4 Å². The first-order valence-corrected chi connectivity index (χ1v) is 9.80. The highest BCUT2D eigenvalue weighted by Crippen LogP contribution is 2.47. The van der Waals surface area contributed by atoms with Crippen LogP contribution in [-0.2, 0) is 5.54 Å². The van der Waals surface area contributed by atoms with Gasteiger partial charge in [-0.3, -0.25) is 0 Å². The van der Waals surface area contributed by atoms with E-state index in [9.17, 15) is 4.39 Å². The number of nitrogens with zero attached hydrogens (tertiary/aromatic N) is 3. The summed E-state index contributed by atoms with van der Waals surface area (Å²) in [5.41, 5.74) is 10.1. The van der Waals surface area contributed by atoms with E-state index in [1.54, 1.807) is 25.4 Å². The predicted octanol–water partition coefficient (Wildman–Crippen LogP) is 4.30. The Labute approximate surface area is 179 Å². The van der Waals surface area contributed by atoms with Crippen LogP contribution >= 0.6 is 0 Å². The van der Waals surface area contributed by atoms with Crippen LogP contribution in [0.5, 0.6) is 5.88 Å². The van der Waals surface area contributed by atoms with E-state index < -0.39 is 11.5 Å². The van der Waals surface area contributed by atoms with Gasteiger partial charge in [-0.25, -0.2) is 15.0 Å². The zero-order chi connectivity index (χ0) is 21.4. The molecule has 0 aliphatic carbocycles. The molecule has 3 heterocycles. The summed E-state index contributed by atoms with van der Waals surface area (Å²) < 4.78 is 19.8. The molecule has 2 N–H and O–H groups in total. The Balaban J connectivity index is 1.80. The lowest BCUT2D eigenvalue weighted by Gasteiger charge is -2.29. The van der Waals surface area contributed by atoms with Crippen LogP contribution in [0.2, 0.25) is 0 Å². The first-order valence-electron chi connectivity index (χ1n) is 9.80. The second kappa shape index (κ2) is 7.32. The van der Waals surface area contributed by atoms with Crippen molar-refractivity contribution in [3.8, 4) is 17.0 Å². The van der Waals surface area contributed by atoms with E-state index in [0.717, 1.165) is 22.3 Å². The van der Waals surface area contributed by atoms with Crippen molar-refractivity contribution in [3.63, 3.8) is 0 Å². The summed E-state index contributed by atoms with van der Waals surface area (Å²) in [6, 6.07) is 22.7. The van der Waals surface area contributed by atoms with Crippen LogP contribution in [0.3, 0.4) is 0 Å². The van der Waals surface area contributed by atoms with Gasteiger partial charge in [0, 0.05) is 29.6 Å². The quantitative estimate of drug-likeness (QED) is 0.509. The van der Waals surface area contributed by atoms with Gasteiger partial charge in [-0.1, -0.05) is 42.5 Å². The maximum Gasteiger partial charge on any atom is 0.220 e. The van der Waals surface area contributed by atoms with Crippen LogP contribution in [0.1, 0.15) is 22.3 Å². The fraction of sp³-hybridized carbons (Fsp3) is 0.0800. The van der Waals surface area contributed by atoms with Crippen LogP contribution < -0.4 is 10.5 Å². The molecule has 0 saturated carbocycles. The van der Waals surface area contributed by atoms with Gasteiger partial charge >= 0.3 is 0 Å². The molecule has 1 atom stereocenters. The van der Waals surface area contributed by atoms with Gasteiger partial charge in [-0.15, -0.1) is 0 Å². The number of rotatable bonds is 4. The molecule has 1 aliphatic heterocycles. The number of nitrogens with two attached hydrogens (primary N) is 1. The van der Waals surface area contributed by atoms with E-state index in [4.69, 9.17) is 15.5 Å². The van der Waals surface area contributed by atoms with Crippen molar-refractivity contribution >= 4 is 5.84 Å². The summed E-state index contributed by atoms with van der Waals surface area (Å²) in [6.07, 6.45) is 3.12. The molecule has 1 aliphatic rings. The number of aromatic nitrogens is 2.